The molecule has 0 amide bonds. The van der Waals surface area contributed by atoms with Gasteiger partial charge in [0.1, 0.15) is 5.52 Å². The van der Waals surface area contributed by atoms with E-state index in [1.54, 1.807) is 18.2 Å². The first-order valence-corrected chi connectivity index (χ1v) is 6.01. The normalized spacial score (nSPS) is 12.3. The average molecular weight is 313 g/mol. The van der Waals surface area contributed by atoms with Gasteiger partial charge < -0.3 is 9.72 Å². The van der Waals surface area contributed by atoms with Crippen molar-refractivity contribution in [1.82, 2.24) is 4.98 Å². The van der Waals surface area contributed by atoms with Gasteiger partial charge in [-0.1, -0.05) is 12.1 Å². The number of nitro benzene ring substituents is 1. The molecule has 0 spiro atoms. The molecule has 1 unspecified atom stereocenters. The summed E-state index contributed by atoms with van der Waals surface area (Å²) in [5.41, 5.74) is 1.26. The smallest absolute Gasteiger partial charge is 0.294 e. The predicted octanol–water partition coefficient (Wildman–Crippen LogP) is 2.51. The minimum Gasteiger partial charge on any atom is -0.453 e. The number of nitrogens with one attached hydrogen (secondary N) is 1. The van der Waals surface area contributed by atoms with Crippen LogP contribution in [0.15, 0.2) is 24.3 Å². The Kier molecular flexibility index (Phi) is 3.61. The first-order valence-electron chi connectivity index (χ1n) is 5.10. The fourth-order valence-corrected chi connectivity index (χ4v) is 2.18. The lowest BCUT2D eigenvalue weighted by Crippen LogP contribution is -2.06. The van der Waals surface area contributed by atoms with Gasteiger partial charge in [-0.05, 0) is 22.0 Å². The van der Waals surface area contributed by atoms with Gasteiger partial charge in [-0.15, -0.1) is 0 Å². The Labute approximate surface area is 110 Å². The van der Waals surface area contributed by atoms with Crippen LogP contribution in [0.5, 0.6) is 0 Å². The van der Waals surface area contributed by atoms with E-state index < -0.39 is 9.94 Å². The van der Waals surface area contributed by atoms with Crippen LogP contribution in [0, 0.1) is 10.1 Å². The number of benzene rings is 1. The van der Waals surface area contributed by atoms with E-state index >= 15 is 0 Å². The van der Waals surface area contributed by atoms with Crippen LogP contribution in [0.2, 0.25) is 0 Å². The van der Waals surface area contributed by atoms with Crippen molar-refractivity contribution in [3.05, 3.63) is 40.1 Å². The number of ether oxygens (including phenoxy) is 1. The van der Waals surface area contributed by atoms with Gasteiger partial charge >= 0.3 is 0 Å². The molecular weight excluding hydrogens is 304 g/mol. The molecule has 1 aromatic heterocycles. The largest absolute Gasteiger partial charge is 0.453 e. The fourth-order valence-electron chi connectivity index (χ4n) is 1.74. The summed E-state index contributed by atoms with van der Waals surface area (Å²) in [5, 5.41) is 11.2. The molecule has 0 saturated heterocycles. The number of H-pyrrole nitrogens is 1. The number of halogens is 1. The Morgan fingerprint density at radius 3 is 3.00 bits per heavy atom. The van der Waals surface area contributed by atoms with Crippen molar-refractivity contribution in [1.29, 1.82) is 0 Å². The van der Waals surface area contributed by atoms with Crippen LogP contribution in [0.1, 0.15) is 5.69 Å². The number of carbonyl (C=O) groups is 1. The first kappa shape index (κ1) is 12.6. The molecule has 0 aliphatic heterocycles. The number of non-ortho nitro benzene ring substituents is 1. The Bertz CT molecular complexity index is 596. The summed E-state index contributed by atoms with van der Waals surface area (Å²) in [4.78, 5) is 23.6. The molecule has 0 fully saturated rings. The van der Waals surface area contributed by atoms with Crippen LogP contribution in [-0.2, 0) is 16.0 Å². The number of para-hydroxylation sites is 1. The highest BCUT2D eigenvalue weighted by Crippen LogP contribution is 2.26. The van der Waals surface area contributed by atoms with Crippen molar-refractivity contribution >= 4 is 39.0 Å². The quantitative estimate of drug-likeness (QED) is 0.398. The van der Waals surface area contributed by atoms with Gasteiger partial charge in [0.25, 0.3) is 12.2 Å². The van der Waals surface area contributed by atoms with E-state index in [-0.39, 0.29) is 5.69 Å². The Hall–Kier alpha value is -1.89. The minimum atomic E-state index is -0.456. The van der Waals surface area contributed by atoms with E-state index in [1.165, 1.54) is 6.07 Å². The third-order valence-electron chi connectivity index (χ3n) is 2.47. The second-order valence-electron chi connectivity index (χ2n) is 3.64. The Morgan fingerprint density at radius 1 is 1.56 bits per heavy atom. The zero-order valence-electron chi connectivity index (χ0n) is 9.13. The number of hydrogen-bond acceptors (Lipinski definition) is 4. The summed E-state index contributed by atoms with van der Waals surface area (Å²) >= 11 is 3.17. The van der Waals surface area contributed by atoms with Crippen molar-refractivity contribution in [3.63, 3.8) is 0 Å². The summed E-state index contributed by atoms with van der Waals surface area (Å²) in [6.45, 7) is 0.352. The summed E-state index contributed by atoms with van der Waals surface area (Å²) in [6, 6.07) is 6.65. The maximum atomic E-state index is 10.9. The predicted molar refractivity (Wildman–Crippen MR) is 68.5 cm³/mol. The standard InChI is InChI=1S/C11H9BrN2O4/c12-10(18-6-15)5-8-4-7-2-1-3-9(14(16)17)11(7)13-8/h1-4,6,10,13H,5H2. The highest BCUT2D eigenvalue weighted by Gasteiger charge is 2.15. The van der Waals surface area contributed by atoms with E-state index in [0.717, 1.165) is 11.1 Å². The lowest BCUT2D eigenvalue weighted by Gasteiger charge is -2.04. The SMILES string of the molecule is O=COC(Br)Cc1cc2cccc([N+](=O)[O-])c2[nH]1. The molecule has 2 aromatic rings. The van der Waals surface area contributed by atoms with Crippen LogP contribution in [-0.4, -0.2) is 21.4 Å². The second-order valence-corrected chi connectivity index (χ2v) is 4.66. The molecule has 0 bridgehead atoms. The van der Waals surface area contributed by atoms with Gasteiger partial charge in [-0.25, -0.2) is 0 Å². The summed E-state index contributed by atoms with van der Waals surface area (Å²) in [7, 11) is 0. The van der Waals surface area contributed by atoms with E-state index in [4.69, 9.17) is 4.74 Å². The lowest BCUT2D eigenvalue weighted by molar-refractivity contribution is -0.383. The van der Waals surface area contributed by atoms with Crippen molar-refractivity contribution in [2.24, 2.45) is 0 Å². The maximum absolute atomic E-state index is 10.9. The van der Waals surface area contributed by atoms with Crippen LogP contribution in [0.3, 0.4) is 0 Å². The molecular formula is C11H9BrN2O4. The number of carbonyl (C=O) groups excluding carboxylic acids is 1. The highest BCUT2D eigenvalue weighted by molar-refractivity contribution is 9.09. The molecule has 18 heavy (non-hydrogen) atoms. The van der Waals surface area contributed by atoms with Crippen LogP contribution in [0.4, 0.5) is 5.69 Å². The van der Waals surface area contributed by atoms with E-state index in [0.29, 0.717) is 18.4 Å². The zero-order chi connectivity index (χ0) is 13.1. The molecule has 6 nitrogen and oxygen atoms in total. The zero-order valence-corrected chi connectivity index (χ0v) is 10.7. The van der Waals surface area contributed by atoms with Crippen LogP contribution < -0.4 is 0 Å². The Balaban J connectivity index is 2.35. The monoisotopic (exact) mass is 312 g/mol. The molecule has 1 heterocycles. The van der Waals surface area contributed by atoms with Crippen LogP contribution in [0.25, 0.3) is 10.9 Å². The molecule has 0 aliphatic rings. The lowest BCUT2D eigenvalue weighted by atomic mass is 10.2. The third-order valence-corrected chi connectivity index (χ3v) is 3.01. The van der Waals surface area contributed by atoms with Gasteiger partial charge in [-0.2, -0.15) is 0 Å². The first-order chi connectivity index (χ1) is 8.61. The third kappa shape index (κ3) is 2.51. The number of alkyl halides is 1. The molecule has 1 N–H and O–H groups in total. The van der Waals surface area contributed by atoms with Crippen molar-refractivity contribution in [2.45, 2.75) is 11.4 Å². The van der Waals surface area contributed by atoms with Crippen molar-refractivity contribution in [2.75, 3.05) is 0 Å². The van der Waals surface area contributed by atoms with Gasteiger partial charge in [-0.3, -0.25) is 14.9 Å². The number of aromatic amines is 1. The molecule has 94 valence electrons. The number of aromatic nitrogens is 1. The summed E-state index contributed by atoms with van der Waals surface area (Å²) in [5.74, 6) is 0. The average Bonchev–Trinajstić information content (AvgIpc) is 2.70. The van der Waals surface area contributed by atoms with E-state index in [9.17, 15) is 14.9 Å². The molecule has 0 radical (unpaired) electrons. The van der Waals surface area contributed by atoms with E-state index in [2.05, 4.69) is 20.9 Å². The van der Waals surface area contributed by atoms with Crippen LogP contribution >= 0.6 is 15.9 Å². The fraction of sp³-hybridized carbons (Fsp3) is 0.182. The number of nitrogens with zero attached hydrogens (tertiary/aromatic N) is 1. The van der Waals surface area contributed by atoms with Gasteiger partial charge in [0.15, 0.2) is 5.01 Å². The highest BCUT2D eigenvalue weighted by atomic mass is 79.9. The Morgan fingerprint density at radius 2 is 2.33 bits per heavy atom. The molecule has 0 aliphatic carbocycles. The van der Waals surface area contributed by atoms with E-state index in [1.807, 2.05) is 0 Å². The topological polar surface area (TPSA) is 85.2 Å². The molecule has 0 saturated carbocycles. The molecule has 1 aromatic carbocycles. The van der Waals surface area contributed by atoms with Gasteiger partial charge in [0.05, 0.1) is 4.92 Å². The summed E-state index contributed by atoms with van der Waals surface area (Å²) in [6.07, 6.45) is 0.407. The molecule has 2 rings (SSSR count). The minimum absolute atomic E-state index is 0.0289. The number of nitro groups is 1. The second kappa shape index (κ2) is 5.18. The van der Waals surface area contributed by atoms with Crippen molar-refractivity contribution in [3.8, 4) is 0 Å². The number of hydrogen-bond donors (Lipinski definition) is 1. The molecule has 1 atom stereocenters. The maximum Gasteiger partial charge on any atom is 0.294 e. The number of fused-ring (bicyclic) bond motifs is 1. The van der Waals surface area contributed by atoms with Gasteiger partial charge in [0.2, 0.25) is 0 Å². The number of rotatable bonds is 5. The van der Waals surface area contributed by atoms with Gasteiger partial charge in [0, 0.05) is 23.6 Å². The molecule has 7 heteroatoms. The summed E-state index contributed by atoms with van der Waals surface area (Å²) < 4.78 is 4.70. The van der Waals surface area contributed by atoms with Crippen molar-refractivity contribution < 1.29 is 14.5 Å².